The van der Waals surface area contributed by atoms with E-state index in [1.54, 1.807) is 0 Å². The van der Waals surface area contributed by atoms with Crippen LogP contribution < -0.4 is 0 Å². The number of nitrogens with zero attached hydrogens (tertiary/aromatic N) is 3. The molecule has 1 aromatic carbocycles. The predicted octanol–water partition coefficient (Wildman–Crippen LogP) is 4.72. The van der Waals surface area contributed by atoms with Crippen LogP contribution in [0.3, 0.4) is 0 Å². The van der Waals surface area contributed by atoms with Gasteiger partial charge in [-0.3, -0.25) is 0 Å². The molecule has 128 valence electrons. The van der Waals surface area contributed by atoms with Gasteiger partial charge in [-0.1, -0.05) is 18.2 Å². The van der Waals surface area contributed by atoms with Crippen LogP contribution in [0, 0.1) is 6.92 Å². The van der Waals surface area contributed by atoms with Crippen molar-refractivity contribution in [3.63, 3.8) is 0 Å². The smallest absolute Gasteiger partial charge is 0.0908 e. The molecule has 0 radical (unpaired) electrons. The Morgan fingerprint density at radius 2 is 1.71 bits per heavy atom. The van der Waals surface area contributed by atoms with Crippen molar-refractivity contribution in [2.24, 2.45) is 0 Å². The minimum atomic E-state index is 1.07. The number of hydrogen-bond donors (Lipinski definition) is 0. The number of hydrogen-bond acceptors (Lipinski definition) is 1. The molecule has 0 atom stereocenters. The SMILES string of the molecule is CC[N+](CC)(CC)CCCn1ccc2c3ccccc3nc-2c1C. The van der Waals surface area contributed by atoms with E-state index in [-0.39, 0.29) is 0 Å². The summed E-state index contributed by atoms with van der Waals surface area (Å²) in [6.45, 7) is 15.2. The van der Waals surface area contributed by atoms with Crippen molar-refractivity contribution in [2.75, 3.05) is 26.2 Å². The zero-order valence-electron chi connectivity index (χ0n) is 15.5. The average molecular weight is 324 g/mol. The van der Waals surface area contributed by atoms with Crippen molar-refractivity contribution in [3.8, 4) is 11.3 Å². The van der Waals surface area contributed by atoms with Gasteiger partial charge in [0, 0.05) is 35.8 Å². The molecule has 0 spiro atoms. The van der Waals surface area contributed by atoms with E-state index in [0.717, 1.165) is 17.8 Å². The van der Waals surface area contributed by atoms with Crippen LogP contribution in [-0.2, 0) is 6.54 Å². The van der Waals surface area contributed by atoms with E-state index in [2.05, 4.69) is 68.8 Å². The van der Waals surface area contributed by atoms with Crippen LogP contribution in [0.2, 0.25) is 0 Å². The van der Waals surface area contributed by atoms with Gasteiger partial charge in [-0.15, -0.1) is 0 Å². The van der Waals surface area contributed by atoms with Gasteiger partial charge < -0.3 is 9.05 Å². The van der Waals surface area contributed by atoms with Gasteiger partial charge in [0.25, 0.3) is 0 Å². The largest absolute Gasteiger partial charge is 0.350 e. The van der Waals surface area contributed by atoms with Gasteiger partial charge >= 0.3 is 0 Å². The summed E-state index contributed by atoms with van der Waals surface area (Å²) in [6, 6.07) is 10.7. The first-order valence-corrected chi connectivity index (χ1v) is 9.33. The highest BCUT2D eigenvalue weighted by Crippen LogP contribution is 2.32. The van der Waals surface area contributed by atoms with E-state index >= 15 is 0 Å². The van der Waals surface area contributed by atoms with Crippen molar-refractivity contribution in [1.29, 1.82) is 0 Å². The van der Waals surface area contributed by atoms with E-state index in [0.29, 0.717) is 0 Å². The van der Waals surface area contributed by atoms with Crippen LogP contribution in [0.15, 0.2) is 36.5 Å². The zero-order chi connectivity index (χ0) is 17.2. The molecule has 0 amide bonds. The second-order valence-electron chi connectivity index (χ2n) is 6.85. The number of quaternary nitrogens is 1. The number of aromatic nitrogens is 2. The Balaban J connectivity index is 1.82. The molecule has 3 rings (SSSR count). The van der Waals surface area contributed by atoms with Gasteiger partial charge in [-0.25, -0.2) is 4.98 Å². The van der Waals surface area contributed by atoms with Crippen LogP contribution >= 0.6 is 0 Å². The number of pyridine rings is 1. The van der Waals surface area contributed by atoms with Gasteiger partial charge in [-0.2, -0.15) is 0 Å². The minimum Gasteiger partial charge on any atom is -0.350 e. The Morgan fingerprint density at radius 1 is 1.00 bits per heavy atom. The molecule has 0 aliphatic carbocycles. The number of fused-ring (bicyclic) bond motifs is 3. The molecule has 24 heavy (non-hydrogen) atoms. The predicted molar refractivity (Wildman–Crippen MR) is 102 cm³/mol. The van der Waals surface area contributed by atoms with Crippen molar-refractivity contribution < 1.29 is 4.48 Å². The zero-order valence-corrected chi connectivity index (χ0v) is 15.5. The van der Waals surface area contributed by atoms with Crippen LogP contribution in [0.4, 0.5) is 0 Å². The first-order valence-electron chi connectivity index (χ1n) is 9.33. The van der Waals surface area contributed by atoms with E-state index in [9.17, 15) is 0 Å². The molecular weight excluding hydrogens is 294 g/mol. The van der Waals surface area contributed by atoms with Crippen LogP contribution in [0.1, 0.15) is 32.9 Å². The highest BCUT2D eigenvalue weighted by Gasteiger charge is 2.20. The first kappa shape index (κ1) is 17.0. The molecule has 2 aliphatic heterocycles. The molecule has 0 unspecified atom stereocenters. The lowest BCUT2D eigenvalue weighted by Gasteiger charge is -2.36. The summed E-state index contributed by atoms with van der Waals surface area (Å²) in [7, 11) is 0. The molecule has 3 heteroatoms. The van der Waals surface area contributed by atoms with Crippen molar-refractivity contribution in [3.05, 3.63) is 42.2 Å². The van der Waals surface area contributed by atoms with E-state index in [4.69, 9.17) is 4.98 Å². The molecular formula is C21H30N3+. The Kier molecular flexibility index (Phi) is 4.91. The third kappa shape index (κ3) is 2.93. The highest BCUT2D eigenvalue weighted by atomic mass is 15.3. The average Bonchev–Trinajstić information content (AvgIpc) is 3.01. The van der Waals surface area contributed by atoms with Crippen molar-refractivity contribution >= 4 is 10.9 Å². The third-order valence-electron chi connectivity index (χ3n) is 5.92. The van der Waals surface area contributed by atoms with Gasteiger partial charge in [0.15, 0.2) is 0 Å². The summed E-state index contributed by atoms with van der Waals surface area (Å²) < 4.78 is 3.60. The number of aryl methyl sites for hydroxylation is 1. The molecule has 0 saturated carbocycles. The monoisotopic (exact) mass is 324 g/mol. The van der Waals surface area contributed by atoms with Gasteiger partial charge in [0.1, 0.15) is 0 Å². The van der Waals surface area contributed by atoms with E-state index in [1.165, 1.54) is 53.7 Å². The number of benzene rings is 1. The second-order valence-corrected chi connectivity index (χ2v) is 6.85. The molecule has 0 N–H and O–H groups in total. The Morgan fingerprint density at radius 3 is 2.42 bits per heavy atom. The molecule has 0 saturated heterocycles. The lowest BCUT2D eigenvalue weighted by Crippen LogP contribution is -2.48. The summed E-state index contributed by atoms with van der Waals surface area (Å²) in [4.78, 5) is 4.86. The number of rotatable bonds is 7. The summed E-state index contributed by atoms with van der Waals surface area (Å²) >= 11 is 0. The molecule has 0 aromatic heterocycles. The lowest BCUT2D eigenvalue weighted by atomic mass is 10.1. The van der Waals surface area contributed by atoms with Gasteiger partial charge in [-0.05, 0) is 39.8 Å². The Hall–Kier alpha value is -1.87. The van der Waals surface area contributed by atoms with Crippen LogP contribution in [0.5, 0.6) is 0 Å². The van der Waals surface area contributed by atoms with Crippen molar-refractivity contribution in [2.45, 2.75) is 40.7 Å². The highest BCUT2D eigenvalue weighted by molar-refractivity contribution is 5.97. The fourth-order valence-corrected chi connectivity index (χ4v) is 3.93. The number of para-hydroxylation sites is 1. The normalized spacial score (nSPS) is 12.3. The fraction of sp³-hybridized carbons (Fsp3) is 0.476. The standard InChI is InChI=1S/C21H30N3/c1-5-24(6-2,7-3)16-10-14-23-15-13-19-18-11-8-9-12-20(18)22-21(19)17(23)4/h8-9,11-13,15H,5-7,10,14,16H2,1-4H3/q+1. The lowest BCUT2D eigenvalue weighted by molar-refractivity contribution is -0.923. The third-order valence-corrected chi connectivity index (χ3v) is 5.92. The van der Waals surface area contributed by atoms with Gasteiger partial charge in [0.05, 0.1) is 37.4 Å². The van der Waals surface area contributed by atoms with Crippen molar-refractivity contribution in [1.82, 2.24) is 9.55 Å². The van der Waals surface area contributed by atoms with Crippen LogP contribution in [-0.4, -0.2) is 40.2 Å². The molecule has 3 nitrogen and oxygen atoms in total. The molecule has 2 heterocycles. The Bertz CT molecular complexity index is 775. The maximum atomic E-state index is 4.86. The topological polar surface area (TPSA) is 17.8 Å². The summed E-state index contributed by atoms with van der Waals surface area (Å²) in [5.74, 6) is 0. The van der Waals surface area contributed by atoms with E-state index < -0.39 is 0 Å². The second kappa shape index (κ2) is 6.94. The maximum Gasteiger partial charge on any atom is 0.0908 e. The fourth-order valence-electron chi connectivity index (χ4n) is 3.93. The van der Waals surface area contributed by atoms with E-state index in [1.807, 2.05) is 0 Å². The first-order chi connectivity index (χ1) is 11.6. The minimum absolute atomic E-state index is 1.07. The summed E-state index contributed by atoms with van der Waals surface area (Å²) in [5, 5.41) is 1.27. The summed E-state index contributed by atoms with van der Waals surface area (Å²) in [6.07, 6.45) is 3.46. The maximum absolute atomic E-state index is 4.86. The summed E-state index contributed by atoms with van der Waals surface area (Å²) in [5.41, 5.74) is 4.82. The molecule has 0 fully saturated rings. The molecule has 1 aromatic rings. The van der Waals surface area contributed by atoms with Gasteiger partial charge in [0.2, 0.25) is 0 Å². The van der Waals surface area contributed by atoms with Crippen LogP contribution in [0.25, 0.3) is 22.2 Å². The quantitative estimate of drug-likeness (QED) is 0.575. The molecule has 2 aliphatic rings. The molecule has 0 bridgehead atoms. The Labute approximate surface area is 145 Å².